The Balaban J connectivity index is 3.39. The zero-order chi connectivity index (χ0) is 28.9. The second kappa shape index (κ2) is 28.9. The molecule has 0 aromatic rings. The van der Waals surface area contributed by atoms with E-state index < -0.39 is 5.97 Å². The number of carboxylic acid groups (broad SMARTS) is 1. The van der Waals surface area contributed by atoms with E-state index in [0.29, 0.717) is 6.42 Å². The molecule has 0 aliphatic rings. The molecule has 0 radical (unpaired) electrons. The Morgan fingerprint density at radius 1 is 0.538 bits per heavy atom. The molecule has 0 bridgehead atoms. The Bertz CT molecular complexity index is 508. The van der Waals surface area contributed by atoms with Crippen LogP contribution in [-0.2, 0) is 4.79 Å². The minimum Gasteiger partial charge on any atom is -0.481 e. The van der Waals surface area contributed by atoms with Gasteiger partial charge in [0.15, 0.2) is 0 Å². The fourth-order valence-corrected chi connectivity index (χ4v) is 5.91. The molecule has 0 saturated carbocycles. The van der Waals surface area contributed by atoms with E-state index in [0.717, 1.165) is 36.8 Å². The maximum Gasteiger partial charge on any atom is 0.303 e. The van der Waals surface area contributed by atoms with E-state index in [1.54, 1.807) is 0 Å². The summed E-state index contributed by atoms with van der Waals surface area (Å²) in [7, 11) is 4.53. The summed E-state index contributed by atoms with van der Waals surface area (Å²) in [6.07, 6.45) is 35.7. The van der Waals surface area contributed by atoms with Gasteiger partial charge in [0.05, 0.1) is 20.6 Å². The number of unbranched alkanes of at least 4 members (excludes halogenated alkanes) is 24. The molecule has 0 aliphatic heterocycles. The van der Waals surface area contributed by atoms with Crippen molar-refractivity contribution in [1.82, 2.24) is 0 Å². The third-order valence-electron chi connectivity index (χ3n) is 8.50. The van der Waals surface area contributed by atoms with Gasteiger partial charge in [-0.25, -0.2) is 0 Å². The van der Waals surface area contributed by atoms with Gasteiger partial charge in [0.2, 0.25) is 0 Å². The van der Waals surface area contributed by atoms with Crippen LogP contribution in [0.3, 0.4) is 0 Å². The van der Waals surface area contributed by atoms with Crippen LogP contribution in [0.4, 0.5) is 0 Å². The van der Waals surface area contributed by atoms with Gasteiger partial charge in [-0.05, 0) is 25.7 Å². The first-order chi connectivity index (χ1) is 18.9. The number of likely N-dealkylation sites (N-methyl/N-ethyl adjacent to an activating group) is 1. The van der Waals surface area contributed by atoms with Crippen LogP contribution in [0.1, 0.15) is 187 Å². The first kappa shape index (κ1) is 38.4. The van der Waals surface area contributed by atoms with Gasteiger partial charge in [-0.1, -0.05) is 155 Å². The molecule has 0 spiro atoms. The number of rotatable bonds is 32. The Morgan fingerprint density at radius 2 is 0.872 bits per heavy atom. The third kappa shape index (κ3) is 31.8. The van der Waals surface area contributed by atoms with Crippen molar-refractivity contribution in [3.05, 3.63) is 0 Å². The minimum absolute atomic E-state index is 0.160. The van der Waals surface area contributed by atoms with E-state index in [4.69, 9.17) is 5.11 Å². The van der Waals surface area contributed by atoms with Gasteiger partial charge >= 0.3 is 5.97 Å². The van der Waals surface area contributed by atoms with Crippen LogP contribution in [0.5, 0.6) is 0 Å². The summed E-state index contributed by atoms with van der Waals surface area (Å²) in [6.45, 7) is 4.32. The van der Waals surface area contributed by atoms with Crippen molar-refractivity contribution in [1.29, 1.82) is 0 Å². The number of aliphatic hydroxyl groups excluding tert-OH is 1. The summed E-state index contributed by atoms with van der Waals surface area (Å²) in [5.74, 6) is -0.670. The molecule has 39 heavy (non-hydrogen) atoms. The Kier molecular flexibility index (Phi) is 28.4. The molecule has 4 nitrogen and oxygen atoms in total. The topological polar surface area (TPSA) is 57.5 Å². The SMILES string of the molecule is CCCCCCCCCCCCCCCCCCCCC(O)C[N+](C)(C)CCCCCCCCCCC(=O)O. The highest BCUT2D eigenvalue weighted by atomic mass is 16.4. The lowest BCUT2D eigenvalue weighted by molar-refractivity contribution is -0.893. The van der Waals surface area contributed by atoms with Crippen molar-refractivity contribution in [2.24, 2.45) is 0 Å². The lowest BCUT2D eigenvalue weighted by Gasteiger charge is -2.32. The number of hydrogen-bond donors (Lipinski definition) is 2. The van der Waals surface area contributed by atoms with Crippen LogP contribution < -0.4 is 0 Å². The molecule has 0 fully saturated rings. The molecule has 1 atom stereocenters. The van der Waals surface area contributed by atoms with E-state index >= 15 is 0 Å². The van der Waals surface area contributed by atoms with Crippen molar-refractivity contribution >= 4 is 5.97 Å². The first-order valence-corrected chi connectivity index (χ1v) is 17.6. The van der Waals surface area contributed by atoms with Crippen molar-refractivity contribution < 1.29 is 19.5 Å². The highest BCUT2D eigenvalue weighted by molar-refractivity contribution is 5.66. The quantitative estimate of drug-likeness (QED) is 0.0642. The van der Waals surface area contributed by atoms with Crippen LogP contribution in [0.15, 0.2) is 0 Å². The number of carbonyl (C=O) groups is 1. The summed E-state index contributed by atoms with van der Waals surface area (Å²) >= 11 is 0. The number of aliphatic carboxylic acids is 1. The van der Waals surface area contributed by atoms with Crippen LogP contribution >= 0.6 is 0 Å². The smallest absolute Gasteiger partial charge is 0.303 e. The molecule has 0 rings (SSSR count). The molecule has 0 amide bonds. The third-order valence-corrected chi connectivity index (χ3v) is 8.50. The standard InChI is InChI=1S/C35H71NO3/c1-4-5-6-7-8-9-10-11-12-13-14-15-16-17-18-21-24-27-30-34(37)33-36(2,3)32-29-26-23-20-19-22-25-28-31-35(38)39/h34,37H,4-33H2,1-3H3/p+1. The average Bonchev–Trinajstić information content (AvgIpc) is 2.88. The number of hydrogen-bond acceptors (Lipinski definition) is 2. The van der Waals surface area contributed by atoms with Gasteiger partial charge < -0.3 is 14.7 Å². The summed E-state index contributed by atoms with van der Waals surface area (Å²) in [5, 5.41) is 19.2. The predicted molar refractivity (Wildman–Crippen MR) is 170 cm³/mol. The van der Waals surface area contributed by atoms with Gasteiger partial charge in [-0.15, -0.1) is 0 Å². The maximum atomic E-state index is 10.5. The number of aliphatic hydroxyl groups is 1. The van der Waals surface area contributed by atoms with Gasteiger partial charge in [0.1, 0.15) is 12.6 Å². The minimum atomic E-state index is -0.670. The summed E-state index contributed by atoms with van der Waals surface area (Å²) in [5.41, 5.74) is 0. The molecule has 4 heteroatoms. The Labute approximate surface area is 245 Å². The fraction of sp³-hybridized carbons (Fsp3) is 0.971. The summed E-state index contributed by atoms with van der Waals surface area (Å²) in [4.78, 5) is 10.5. The highest BCUT2D eigenvalue weighted by Crippen LogP contribution is 2.16. The van der Waals surface area contributed by atoms with Crippen LogP contribution in [0.2, 0.25) is 0 Å². The molecular weight excluding hydrogens is 482 g/mol. The molecule has 0 aromatic carbocycles. The molecule has 0 saturated heterocycles. The van der Waals surface area contributed by atoms with E-state index in [-0.39, 0.29) is 6.10 Å². The van der Waals surface area contributed by atoms with Crippen LogP contribution in [0, 0.1) is 0 Å². The summed E-state index contributed by atoms with van der Waals surface area (Å²) < 4.78 is 0.926. The number of nitrogens with zero attached hydrogens (tertiary/aromatic N) is 1. The van der Waals surface area contributed by atoms with E-state index in [2.05, 4.69) is 21.0 Å². The highest BCUT2D eigenvalue weighted by Gasteiger charge is 2.19. The molecule has 0 aliphatic carbocycles. The van der Waals surface area contributed by atoms with Gasteiger partial charge in [-0.2, -0.15) is 0 Å². The Morgan fingerprint density at radius 3 is 1.26 bits per heavy atom. The monoisotopic (exact) mass is 555 g/mol. The Hall–Kier alpha value is -0.610. The second-order valence-electron chi connectivity index (χ2n) is 13.3. The molecule has 0 aromatic heterocycles. The lowest BCUT2D eigenvalue weighted by Crippen LogP contribution is -2.45. The van der Waals surface area contributed by atoms with Crippen molar-refractivity contribution in [3.8, 4) is 0 Å². The fourth-order valence-electron chi connectivity index (χ4n) is 5.91. The normalized spacial score (nSPS) is 12.7. The average molecular weight is 555 g/mol. The predicted octanol–water partition coefficient (Wildman–Crippen LogP) is 10.5. The van der Waals surface area contributed by atoms with E-state index in [1.807, 2.05) is 0 Å². The maximum absolute atomic E-state index is 10.5. The second-order valence-corrected chi connectivity index (χ2v) is 13.3. The molecule has 234 valence electrons. The van der Waals surface area contributed by atoms with Crippen molar-refractivity contribution in [2.45, 2.75) is 193 Å². The first-order valence-electron chi connectivity index (χ1n) is 17.6. The molecule has 0 heterocycles. The van der Waals surface area contributed by atoms with Gasteiger partial charge in [0.25, 0.3) is 0 Å². The molecular formula is C35H72NO3+. The number of quaternary nitrogens is 1. The zero-order valence-electron chi connectivity index (χ0n) is 27.0. The van der Waals surface area contributed by atoms with E-state index in [9.17, 15) is 9.90 Å². The molecule has 1 unspecified atom stereocenters. The lowest BCUT2D eigenvalue weighted by atomic mass is 10.0. The van der Waals surface area contributed by atoms with E-state index in [1.165, 1.54) is 154 Å². The van der Waals surface area contributed by atoms with Crippen molar-refractivity contribution in [2.75, 3.05) is 27.2 Å². The van der Waals surface area contributed by atoms with Crippen LogP contribution in [0.25, 0.3) is 0 Å². The van der Waals surface area contributed by atoms with Crippen LogP contribution in [-0.4, -0.2) is 54.0 Å². The van der Waals surface area contributed by atoms with Gasteiger partial charge in [-0.3, -0.25) is 4.79 Å². The van der Waals surface area contributed by atoms with Crippen molar-refractivity contribution in [3.63, 3.8) is 0 Å². The largest absolute Gasteiger partial charge is 0.481 e. The number of carboxylic acids is 1. The molecule has 2 N–H and O–H groups in total. The zero-order valence-corrected chi connectivity index (χ0v) is 27.0. The van der Waals surface area contributed by atoms with Gasteiger partial charge in [0, 0.05) is 6.42 Å². The summed E-state index contributed by atoms with van der Waals surface area (Å²) in [6, 6.07) is 0.